The van der Waals surface area contributed by atoms with Gasteiger partial charge in [-0.1, -0.05) is 12.1 Å². The van der Waals surface area contributed by atoms with Crippen molar-refractivity contribution in [2.75, 3.05) is 26.2 Å². The molecule has 2 fully saturated rings. The molecule has 0 bridgehead atoms. The van der Waals surface area contributed by atoms with E-state index in [9.17, 15) is 9.18 Å². The fourth-order valence-electron chi connectivity index (χ4n) is 4.67. The molecule has 8 heteroatoms. The highest BCUT2D eigenvalue weighted by Gasteiger charge is 2.30. The maximum Gasteiger partial charge on any atom is 0.253 e. The number of hydrogen-bond donors (Lipinski definition) is 1. The quantitative estimate of drug-likeness (QED) is 0.697. The van der Waals surface area contributed by atoms with Gasteiger partial charge in [0.25, 0.3) is 5.91 Å². The molecule has 31 heavy (non-hydrogen) atoms. The second kappa shape index (κ2) is 8.63. The second-order valence-corrected chi connectivity index (χ2v) is 8.33. The number of piperidine rings is 2. The molecule has 0 spiro atoms. The number of aromatic nitrogens is 3. The molecule has 3 heterocycles. The molecular formula is C23H26FN5O2. The molecule has 1 aromatic heterocycles. The summed E-state index contributed by atoms with van der Waals surface area (Å²) in [4.78, 5) is 17.3. The van der Waals surface area contributed by atoms with Crippen LogP contribution in [0.1, 0.15) is 36.0 Å². The summed E-state index contributed by atoms with van der Waals surface area (Å²) in [5, 5.41) is 10.7. The number of aromatic amines is 1. The zero-order chi connectivity index (χ0) is 21.2. The fraction of sp³-hybridized carbons (Fsp3) is 0.435. The van der Waals surface area contributed by atoms with Crippen LogP contribution in [0.15, 0.2) is 42.5 Å². The lowest BCUT2D eigenvalue weighted by Crippen LogP contribution is -2.50. The van der Waals surface area contributed by atoms with E-state index in [1.807, 2.05) is 17.0 Å². The third-order valence-electron chi connectivity index (χ3n) is 6.44. The number of likely N-dealkylation sites (tertiary alicyclic amines) is 2. The predicted molar refractivity (Wildman–Crippen MR) is 114 cm³/mol. The molecule has 0 saturated carbocycles. The Morgan fingerprint density at radius 1 is 0.968 bits per heavy atom. The van der Waals surface area contributed by atoms with E-state index >= 15 is 0 Å². The average molecular weight is 423 g/mol. The van der Waals surface area contributed by atoms with Gasteiger partial charge in [0.05, 0.1) is 0 Å². The third-order valence-corrected chi connectivity index (χ3v) is 6.44. The monoisotopic (exact) mass is 423 g/mol. The Morgan fingerprint density at radius 3 is 2.48 bits per heavy atom. The van der Waals surface area contributed by atoms with Crippen LogP contribution in [0.25, 0.3) is 11.0 Å². The van der Waals surface area contributed by atoms with E-state index in [-0.39, 0.29) is 17.8 Å². The summed E-state index contributed by atoms with van der Waals surface area (Å²) in [6, 6.07) is 12.5. The van der Waals surface area contributed by atoms with Gasteiger partial charge in [0, 0.05) is 37.8 Å². The number of para-hydroxylation sites is 1. The summed E-state index contributed by atoms with van der Waals surface area (Å²) >= 11 is 0. The van der Waals surface area contributed by atoms with E-state index in [0.717, 1.165) is 57.4 Å². The number of hydrogen-bond acceptors (Lipinski definition) is 5. The van der Waals surface area contributed by atoms with Crippen LogP contribution < -0.4 is 4.74 Å². The van der Waals surface area contributed by atoms with Crippen LogP contribution >= 0.6 is 0 Å². The Kier molecular flexibility index (Phi) is 5.55. The fourth-order valence-corrected chi connectivity index (χ4v) is 4.67. The van der Waals surface area contributed by atoms with Crippen molar-refractivity contribution in [2.24, 2.45) is 0 Å². The van der Waals surface area contributed by atoms with Crippen LogP contribution in [-0.4, -0.2) is 69.4 Å². The van der Waals surface area contributed by atoms with Crippen molar-refractivity contribution in [2.45, 2.75) is 37.8 Å². The minimum absolute atomic E-state index is 0.0559. The van der Waals surface area contributed by atoms with Crippen molar-refractivity contribution in [3.05, 3.63) is 53.8 Å². The zero-order valence-corrected chi connectivity index (χ0v) is 17.3. The number of nitrogens with one attached hydrogen (secondary N) is 1. The van der Waals surface area contributed by atoms with Gasteiger partial charge in [0.2, 0.25) is 0 Å². The number of carbonyl (C=O) groups excluding carboxylic acids is 1. The summed E-state index contributed by atoms with van der Waals surface area (Å²) in [6.45, 7) is 3.40. The van der Waals surface area contributed by atoms with Crippen LogP contribution in [0.2, 0.25) is 0 Å². The number of rotatable bonds is 4. The highest BCUT2D eigenvalue weighted by Crippen LogP contribution is 2.26. The number of carbonyl (C=O) groups is 1. The van der Waals surface area contributed by atoms with Gasteiger partial charge in [-0.25, -0.2) is 4.39 Å². The third kappa shape index (κ3) is 4.25. The number of halogens is 1. The standard InChI is InChI=1S/C23H26FN5O2/c24-19-3-1-2-4-22(19)31-18-9-13-28(14-10-18)17-7-11-29(12-8-17)23(30)16-5-6-20-21(15-16)26-27-25-20/h1-6,15,17-18H,7-14H2,(H,25,26,27). The van der Waals surface area contributed by atoms with Gasteiger partial charge in [-0.3, -0.25) is 9.69 Å². The first-order valence-electron chi connectivity index (χ1n) is 10.9. The number of H-pyrrole nitrogens is 1. The Morgan fingerprint density at radius 2 is 1.71 bits per heavy atom. The van der Waals surface area contributed by atoms with Crippen LogP contribution in [0, 0.1) is 5.82 Å². The maximum absolute atomic E-state index is 13.8. The van der Waals surface area contributed by atoms with E-state index in [1.54, 1.807) is 24.3 Å². The largest absolute Gasteiger partial charge is 0.487 e. The molecule has 0 unspecified atom stereocenters. The van der Waals surface area contributed by atoms with E-state index in [2.05, 4.69) is 20.3 Å². The topological polar surface area (TPSA) is 74.4 Å². The summed E-state index contributed by atoms with van der Waals surface area (Å²) in [6.07, 6.45) is 3.78. The zero-order valence-electron chi connectivity index (χ0n) is 17.3. The number of fused-ring (bicyclic) bond motifs is 1. The molecule has 0 aliphatic carbocycles. The van der Waals surface area contributed by atoms with Crippen LogP contribution in [0.3, 0.4) is 0 Å². The molecule has 2 aromatic carbocycles. The van der Waals surface area contributed by atoms with Crippen molar-refractivity contribution >= 4 is 16.9 Å². The number of benzene rings is 2. The first-order valence-corrected chi connectivity index (χ1v) is 10.9. The van der Waals surface area contributed by atoms with Gasteiger partial charge in [0.15, 0.2) is 11.6 Å². The minimum Gasteiger partial charge on any atom is -0.487 e. The van der Waals surface area contributed by atoms with Crippen molar-refractivity contribution in [1.82, 2.24) is 25.2 Å². The normalized spacial score (nSPS) is 19.1. The van der Waals surface area contributed by atoms with Gasteiger partial charge in [-0.15, -0.1) is 0 Å². The van der Waals surface area contributed by atoms with Crippen molar-refractivity contribution in [3.8, 4) is 5.75 Å². The Balaban J connectivity index is 1.12. The lowest BCUT2D eigenvalue weighted by Gasteiger charge is -2.41. The molecule has 7 nitrogen and oxygen atoms in total. The van der Waals surface area contributed by atoms with E-state index in [4.69, 9.17) is 4.74 Å². The average Bonchev–Trinajstić information content (AvgIpc) is 3.29. The van der Waals surface area contributed by atoms with Gasteiger partial charge >= 0.3 is 0 Å². The molecule has 0 atom stereocenters. The second-order valence-electron chi connectivity index (χ2n) is 8.33. The van der Waals surface area contributed by atoms with Gasteiger partial charge < -0.3 is 9.64 Å². The summed E-state index contributed by atoms with van der Waals surface area (Å²) in [5.41, 5.74) is 2.13. The summed E-state index contributed by atoms with van der Waals surface area (Å²) in [5.74, 6) is 0.0987. The summed E-state index contributed by atoms with van der Waals surface area (Å²) < 4.78 is 19.7. The SMILES string of the molecule is O=C(c1ccc2n[nH]nc2c1)N1CCC(N2CCC(Oc3ccccc3F)CC2)CC1. The van der Waals surface area contributed by atoms with E-state index < -0.39 is 0 Å². The molecule has 162 valence electrons. The molecular weight excluding hydrogens is 397 g/mol. The molecule has 1 N–H and O–H groups in total. The first kappa shape index (κ1) is 19.9. The minimum atomic E-state index is -0.301. The lowest BCUT2D eigenvalue weighted by molar-refractivity contribution is 0.0416. The van der Waals surface area contributed by atoms with Crippen molar-refractivity contribution in [1.29, 1.82) is 0 Å². The lowest BCUT2D eigenvalue weighted by atomic mass is 9.98. The Bertz CT molecular complexity index is 1050. The number of amides is 1. The molecule has 5 rings (SSSR count). The summed E-state index contributed by atoms with van der Waals surface area (Å²) in [7, 11) is 0. The van der Waals surface area contributed by atoms with Crippen molar-refractivity contribution < 1.29 is 13.9 Å². The van der Waals surface area contributed by atoms with Crippen molar-refractivity contribution in [3.63, 3.8) is 0 Å². The highest BCUT2D eigenvalue weighted by molar-refractivity contribution is 5.97. The molecule has 2 saturated heterocycles. The highest BCUT2D eigenvalue weighted by atomic mass is 19.1. The van der Waals surface area contributed by atoms with Gasteiger partial charge in [0.1, 0.15) is 17.1 Å². The van der Waals surface area contributed by atoms with Gasteiger partial charge in [-0.2, -0.15) is 15.4 Å². The van der Waals surface area contributed by atoms with Crippen LogP contribution in [0.5, 0.6) is 5.75 Å². The van der Waals surface area contributed by atoms with E-state index in [0.29, 0.717) is 22.9 Å². The van der Waals surface area contributed by atoms with E-state index in [1.165, 1.54) is 6.07 Å². The Hall–Kier alpha value is -3.00. The number of nitrogens with zero attached hydrogens (tertiary/aromatic N) is 4. The molecule has 2 aliphatic heterocycles. The first-order chi connectivity index (χ1) is 15.2. The molecule has 2 aliphatic rings. The number of ether oxygens (including phenoxy) is 1. The molecule has 3 aromatic rings. The van der Waals surface area contributed by atoms with Gasteiger partial charge in [-0.05, 0) is 56.0 Å². The van der Waals surface area contributed by atoms with Crippen LogP contribution in [0.4, 0.5) is 4.39 Å². The molecule has 0 radical (unpaired) electrons. The maximum atomic E-state index is 13.8. The Labute approximate surface area is 180 Å². The van der Waals surface area contributed by atoms with Crippen LogP contribution in [-0.2, 0) is 0 Å². The smallest absolute Gasteiger partial charge is 0.253 e. The molecule has 1 amide bonds. The predicted octanol–water partition coefficient (Wildman–Crippen LogP) is 3.25.